The number of hydrogen-bond donors (Lipinski definition) is 2. The molecule has 14 heteroatoms. The monoisotopic (exact) mass is 524 g/mol. The number of nitrogens with one attached hydrogen (secondary N) is 2. The Morgan fingerprint density at radius 1 is 1.11 bits per heavy atom. The zero-order valence-corrected chi connectivity index (χ0v) is 20.2. The second-order valence-electron chi connectivity index (χ2n) is 7.29. The molecule has 35 heavy (non-hydrogen) atoms. The number of nitrogens with zero attached hydrogens (tertiary/aromatic N) is 4. The molecule has 0 spiro atoms. The van der Waals surface area contributed by atoms with E-state index >= 15 is 0 Å². The second kappa shape index (κ2) is 9.58. The lowest BCUT2D eigenvalue weighted by Gasteiger charge is -2.14. The van der Waals surface area contributed by atoms with Crippen molar-refractivity contribution >= 4 is 38.5 Å². The maximum atomic E-state index is 13.3. The predicted molar refractivity (Wildman–Crippen MR) is 125 cm³/mol. The fourth-order valence-electron chi connectivity index (χ4n) is 3.54. The average Bonchev–Trinajstić information content (AvgIpc) is 3.24. The van der Waals surface area contributed by atoms with Crippen molar-refractivity contribution in [3.8, 4) is 23.0 Å². The summed E-state index contributed by atoms with van der Waals surface area (Å²) in [6.45, 7) is 1.77. The molecule has 0 aliphatic heterocycles. The summed E-state index contributed by atoms with van der Waals surface area (Å²) in [6.07, 6.45) is 0.951. The molecule has 0 saturated carbocycles. The Morgan fingerprint density at radius 2 is 1.80 bits per heavy atom. The van der Waals surface area contributed by atoms with Crippen LogP contribution in [0.25, 0.3) is 22.2 Å². The molecule has 0 amide bonds. The first-order valence-corrected chi connectivity index (χ1v) is 11.9. The van der Waals surface area contributed by atoms with Crippen molar-refractivity contribution in [2.24, 2.45) is 0 Å². The van der Waals surface area contributed by atoms with Gasteiger partial charge in [-0.15, -0.1) is 0 Å². The van der Waals surface area contributed by atoms with Gasteiger partial charge in [0.05, 0.1) is 47.9 Å². The van der Waals surface area contributed by atoms with Crippen molar-refractivity contribution in [1.29, 1.82) is 0 Å². The minimum atomic E-state index is -4.25. The number of aromatic nitrogens is 5. The van der Waals surface area contributed by atoms with Crippen LogP contribution in [-0.2, 0) is 16.4 Å². The van der Waals surface area contributed by atoms with Crippen LogP contribution in [0.1, 0.15) is 11.3 Å². The molecule has 0 bridgehead atoms. The van der Waals surface area contributed by atoms with Crippen LogP contribution in [0, 0.1) is 6.92 Å². The topological polar surface area (TPSA) is 132 Å². The van der Waals surface area contributed by atoms with Crippen molar-refractivity contribution in [3.05, 3.63) is 47.0 Å². The van der Waals surface area contributed by atoms with Gasteiger partial charge in [-0.1, -0.05) is 11.6 Å². The third-order valence-corrected chi connectivity index (χ3v) is 6.65. The Labute approximate surface area is 203 Å². The van der Waals surface area contributed by atoms with E-state index in [4.69, 9.17) is 21.1 Å². The SMILES string of the molecule is COc1nc(NS(=O)(=O)c2c[nH]c3c(-c4cncc(C)n4)c(Cl)ccc23)nc(OC)c1CC(F)F. The molecule has 1 aromatic carbocycles. The minimum absolute atomic E-state index is 0.0846. The summed E-state index contributed by atoms with van der Waals surface area (Å²) in [5.41, 5.74) is 1.95. The standard InChI is InChI=1S/C21H19ClF2N6O4S/c1-10-7-25-8-14(27-10)17-13(22)5-4-11-15(9-26-18(11)17)35(31,32)30-21-28-19(33-2)12(6-16(23)24)20(29-21)34-3/h4-5,7-9,16,26H,6H2,1-3H3,(H,28,29,30). The first-order chi connectivity index (χ1) is 16.6. The van der Waals surface area contributed by atoms with Gasteiger partial charge in [0.2, 0.25) is 24.1 Å². The molecule has 184 valence electrons. The van der Waals surface area contributed by atoms with Crippen LogP contribution >= 0.6 is 11.6 Å². The Bertz CT molecular complexity index is 1490. The number of fused-ring (bicyclic) bond motifs is 1. The molecule has 0 aliphatic carbocycles. The highest BCUT2D eigenvalue weighted by molar-refractivity contribution is 7.93. The summed E-state index contributed by atoms with van der Waals surface area (Å²) in [5, 5.41) is 0.678. The van der Waals surface area contributed by atoms with Gasteiger partial charge >= 0.3 is 0 Å². The van der Waals surface area contributed by atoms with Crippen molar-refractivity contribution in [1.82, 2.24) is 24.9 Å². The van der Waals surface area contributed by atoms with Crippen molar-refractivity contribution in [2.75, 3.05) is 18.9 Å². The van der Waals surface area contributed by atoms with Crippen molar-refractivity contribution in [3.63, 3.8) is 0 Å². The number of methoxy groups -OCH3 is 2. The maximum Gasteiger partial charge on any atom is 0.266 e. The Balaban J connectivity index is 1.78. The van der Waals surface area contributed by atoms with Crippen molar-refractivity contribution < 1.29 is 26.7 Å². The van der Waals surface area contributed by atoms with Crippen LogP contribution in [-0.4, -0.2) is 54.0 Å². The van der Waals surface area contributed by atoms with Gasteiger partial charge in [-0.2, -0.15) is 9.97 Å². The van der Waals surface area contributed by atoms with Crippen LogP contribution in [0.2, 0.25) is 5.02 Å². The van der Waals surface area contributed by atoms with Crippen LogP contribution in [0.4, 0.5) is 14.7 Å². The third-order valence-electron chi connectivity index (χ3n) is 4.97. The van der Waals surface area contributed by atoms with Gasteiger partial charge in [0.15, 0.2) is 0 Å². The smallest absolute Gasteiger partial charge is 0.266 e. The van der Waals surface area contributed by atoms with Crippen LogP contribution < -0.4 is 14.2 Å². The Kier molecular flexibility index (Phi) is 6.72. The largest absolute Gasteiger partial charge is 0.481 e. The predicted octanol–water partition coefficient (Wildman–Crippen LogP) is 4.00. The quantitative estimate of drug-likeness (QED) is 0.353. The fraction of sp³-hybridized carbons (Fsp3) is 0.238. The molecule has 4 aromatic rings. The Hall–Kier alpha value is -3.58. The summed E-state index contributed by atoms with van der Waals surface area (Å²) < 4.78 is 64.8. The highest BCUT2D eigenvalue weighted by atomic mass is 35.5. The van der Waals surface area contributed by atoms with Gasteiger partial charge in [0, 0.05) is 29.8 Å². The number of hydrogen-bond acceptors (Lipinski definition) is 8. The number of ether oxygens (including phenoxy) is 2. The molecule has 0 atom stereocenters. The summed E-state index contributed by atoms with van der Waals surface area (Å²) in [6, 6.07) is 3.10. The van der Waals surface area contributed by atoms with Gasteiger partial charge in [-0.25, -0.2) is 26.9 Å². The summed E-state index contributed by atoms with van der Waals surface area (Å²) in [7, 11) is -1.81. The maximum absolute atomic E-state index is 13.3. The molecule has 0 unspecified atom stereocenters. The van der Waals surface area contributed by atoms with E-state index in [1.54, 1.807) is 25.3 Å². The van der Waals surface area contributed by atoms with Crippen LogP contribution in [0.3, 0.4) is 0 Å². The van der Waals surface area contributed by atoms with Gasteiger partial charge < -0.3 is 14.5 Å². The van der Waals surface area contributed by atoms with E-state index in [-0.39, 0.29) is 22.2 Å². The number of sulfonamides is 1. The number of benzene rings is 1. The van der Waals surface area contributed by atoms with Gasteiger partial charge in [0.1, 0.15) is 4.90 Å². The molecule has 3 heterocycles. The summed E-state index contributed by atoms with van der Waals surface area (Å²) >= 11 is 6.41. The zero-order chi connectivity index (χ0) is 25.3. The number of anilines is 1. The van der Waals surface area contributed by atoms with E-state index in [2.05, 4.69) is 29.6 Å². The van der Waals surface area contributed by atoms with Crippen LogP contribution in [0.15, 0.2) is 35.6 Å². The summed E-state index contributed by atoms with van der Waals surface area (Å²) in [4.78, 5) is 19.2. The first-order valence-electron chi connectivity index (χ1n) is 10.0. The zero-order valence-electron chi connectivity index (χ0n) is 18.6. The van der Waals surface area contributed by atoms with E-state index in [0.29, 0.717) is 32.9 Å². The fourth-order valence-corrected chi connectivity index (χ4v) is 4.91. The van der Waals surface area contributed by atoms with E-state index in [1.165, 1.54) is 26.6 Å². The number of aromatic amines is 1. The van der Waals surface area contributed by atoms with Crippen LogP contribution in [0.5, 0.6) is 11.8 Å². The molecule has 3 aromatic heterocycles. The van der Waals surface area contributed by atoms with E-state index in [1.807, 2.05) is 0 Å². The molecule has 0 saturated heterocycles. The molecular formula is C21H19ClF2N6O4S. The number of aryl methyl sites for hydroxylation is 1. The number of H-pyrrole nitrogens is 1. The van der Waals surface area contributed by atoms with Gasteiger partial charge in [-0.3, -0.25) is 4.98 Å². The highest BCUT2D eigenvalue weighted by Gasteiger charge is 2.26. The number of alkyl halides is 2. The lowest BCUT2D eigenvalue weighted by molar-refractivity contribution is 0.146. The minimum Gasteiger partial charge on any atom is -0.481 e. The normalized spacial score (nSPS) is 11.7. The van der Waals surface area contributed by atoms with E-state index in [9.17, 15) is 17.2 Å². The lowest BCUT2D eigenvalue weighted by atomic mass is 10.1. The molecule has 4 rings (SSSR count). The first kappa shape index (κ1) is 24.5. The number of halogens is 3. The molecule has 2 N–H and O–H groups in total. The third kappa shape index (κ3) is 4.82. The van der Waals surface area contributed by atoms with Crippen molar-refractivity contribution in [2.45, 2.75) is 24.7 Å². The average molecular weight is 525 g/mol. The second-order valence-corrected chi connectivity index (χ2v) is 9.35. The van der Waals surface area contributed by atoms with E-state index in [0.717, 1.165) is 0 Å². The van der Waals surface area contributed by atoms with Gasteiger partial charge in [0.25, 0.3) is 10.0 Å². The summed E-state index contributed by atoms with van der Waals surface area (Å²) in [5.74, 6) is -0.883. The Morgan fingerprint density at radius 3 is 2.40 bits per heavy atom. The highest BCUT2D eigenvalue weighted by Crippen LogP contribution is 2.37. The number of rotatable bonds is 8. The van der Waals surface area contributed by atoms with E-state index < -0.39 is 28.8 Å². The molecule has 0 fully saturated rings. The van der Waals surface area contributed by atoms with Gasteiger partial charge in [-0.05, 0) is 19.1 Å². The molecule has 10 nitrogen and oxygen atoms in total. The molecule has 0 radical (unpaired) electrons. The molecule has 0 aliphatic rings. The lowest BCUT2D eigenvalue weighted by Crippen LogP contribution is -2.16. The molecular weight excluding hydrogens is 506 g/mol.